The zero-order valence-electron chi connectivity index (χ0n) is 12.3. The van der Waals surface area contributed by atoms with Gasteiger partial charge in [0, 0.05) is 24.7 Å². The topological polar surface area (TPSA) is 47.1 Å². The van der Waals surface area contributed by atoms with Gasteiger partial charge in [0.2, 0.25) is 0 Å². The van der Waals surface area contributed by atoms with Crippen LogP contribution in [0, 0.1) is 0 Å². The molecule has 0 saturated heterocycles. The standard InChI is InChI=1S/C14H28N4/c1-5-17(6-2)9-7-13(15)11-14-8-10-18(16-14)12(3)4/h8,10,12-13H,5-7,9,11,15H2,1-4H3. The Morgan fingerprint density at radius 2 is 2.00 bits per heavy atom. The van der Waals surface area contributed by atoms with Crippen LogP contribution >= 0.6 is 0 Å². The molecule has 2 N–H and O–H groups in total. The second-order valence-electron chi connectivity index (χ2n) is 5.16. The van der Waals surface area contributed by atoms with Crippen molar-refractivity contribution in [2.75, 3.05) is 19.6 Å². The predicted molar refractivity (Wildman–Crippen MR) is 76.7 cm³/mol. The average molecular weight is 252 g/mol. The molecule has 1 atom stereocenters. The van der Waals surface area contributed by atoms with Crippen molar-refractivity contribution in [1.29, 1.82) is 0 Å². The monoisotopic (exact) mass is 252 g/mol. The molecule has 1 aromatic rings. The summed E-state index contributed by atoms with van der Waals surface area (Å²) in [7, 11) is 0. The van der Waals surface area contributed by atoms with Gasteiger partial charge in [-0.25, -0.2) is 0 Å². The highest BCUT2D eigenvalue weighted by atomic mass is 15.3. The first kappa shape index (κ1) is 15.2. The van der Waals surface area contributed by atoms with E-state index in [0.717, 1.165) is 38.2 Å². The number of aromatic nitrogens is 2. The Balaban J connectivity index is 2.36. The molecule has 1 unspecified atom stereocenters. The van der Waals surface area contributed by atoms with Gasteiger partial charge in [-0.05, 0) is 46.0 Å². The minimum Gasteiger partial charge on any atom is -0.327 e. The van der Waals surface area contributed by atoms with E-state index in [-0.39, 0.29) is 6.04 Å². The molecule has 4 nitrogen and oxygen atoms in total. The van der Waals surface area contributed by atoms with Crippen LogP contribution in [0.2, 0.25) is 0 Å². The summed E-state index contributed by atoms with van der Waals surface area (Å²) in [4.78, 5) is 2.41. The van der Waals surface area contributed by atoms with Gasteiger partial charge in [-0.3, -0.25) is 4.68 Å². The lowest BCUT2D eigenvalue weighted by Gasteiger charge is -2.20. The Bertz CT molecular complexity index is 328. The number of hydrogen-bond donors (Lipinski definition) is 1. The SMILES string of the molecule is CCN(CC)CCC(N)Cc1ccn(C(C)C)n1. The van der Waals surface area contributed by atoms with Crippen LogP contribution < -0.4 is 5.73 Å². The highest BCUT2D eigenvalue weighted by Gasteiger charge is 2.09. The second-order valence-corrected chi connectivity index (χ2v) is 5.16. The maximum atomic E-state index is 6.17. The Kier molecular flexibility index (Phi) is 6.36. The zero-order valence-corrected chi connectivity index (χ0v) is 12.3. The number of rotatable bonds is 8. The van der Waals surface area contributed by atoms with Gasteiger partial charge in [0.25, 0.3) is 0 Å². The molecular weight excluding hydrogens is 224 g/mol. The Morgan fingerprint density at radius 3 is 2.50 bits per heavy atom. The zero-order chi connectivity index (χ0) is 13.5. The fourth-order valence-corrected chi connectivity index (χ4v) is 2.03. The summed E-state index contributed by atoms with van der Waals surface area (Å²) >= 11 is 0. The van der Waals surface area contributed by atoms with Crippen molar-refractivity contribution in [2.45, 2.75) is 52.6 Å². The predicted octanol–water partition coefficient (Wildman–Crippen LogP) is 2.07. The summed E-state index contributed by atoms with van der Waals surface area (Å²) in [6, 6.07) is 2.71. The molecule has 0 amide bonds. The van der Waals surface area contributed by atoms with Crippen molar-refractivity contribution in [2.24, 2.45) is 5.73 Å². The first-order valence-electron chi connectivity index (χ1n) is 7.08. The first-order valence-corrected chi connectivity index (χ1v) is 7.08. The molecule has 0 aliphatic carbocycles. The van der Waals surface area contributed by atoms with E-state index in [9.17, 15) is 0 Å². The summed E-state index contributed by atoms with van der Waals surface area (Å²) < 4.78 is 1.99. The highest BCUT2D eigenvalue weighted by Crippen LogP contribution is 2.07. The molecule has 18 heavy (non-hydrogen) atoms. The molecule has 0 spiro atoms. The summed E-state index contributed by atoms with van der Waals surface area (Å²) in [6.07, 6.45) is 3.95. The molecule has 0 aliphatic rings. The van der Waals surface area contributed by atoms with E-state index in [1.54, 1.807) is 0 Å². The van der Waals surface area contributed by atoms with Crippen molar-refractivity contribution in [3.05, 3.63) is 18.0 Å². The molecule has 104 valence electrons. The fraction of sp³-hybridized carbons (Fsp3) is 0.786. The van der Waals surface area contributed by atoms with Crippen LogP contribution in [0.4, 0.5) is 0 Å². The van der Waals surface area contributed by atoms with Gasteiger partial charge in [-0.2, -0.15) is 5.10 Å². The van der Waals surface area contributed by atoms with Crippen LogP contribution in [0.1, 0.15) is 45.9 Å². The van der Waals surface area contributed by atoms with Gasteiger partial charge in [0.05, 0.1) is 5.69 Å². The van der Waals surface area contributed by atoms with E-state index >= 15 is 0 Å². The van der Waals surface area contributed by atoms with Gasteiger partial charge in [-0.1, -0.05) is 13.8 Å². The van der Waals surface area contributed by atoms with Crippen molar-refractivity contribution >= 4 is 0 Å². The van der Waals surface area contributed by atoms with Crippen LogP contribution in [0.5, 0.6) is 0 Å². The summed E-state index contributed by atoms with van der Waals surface area (Å²) in [5.74, 6) is 0. The van der Waals surface area contributed by atoms with Crippen molar-refractivity contribution in [1.82, 2.24) is 14.7 Å². The Hall–Kier alpha value is -0.870. The van der Waals surface area contributed by atoms with E-state index in [1.807, 2.05) is 10.9 Å². The number of hydrogen-bond acceptors (Lipinski definition) is 3. The van der Waals surface area contributed by atoms with Crippen LogP contribution in [0.15, 0.2) is 12.3 Å². The third-order valence-electron chi connectivity index (χ3n) is 3.37. The van der Waals surface area contributed by atoms with Crippen molar-refractivity contribution < 1.29 is 0 Å². The largest absolute Gasteiger partial charge is 0.327 e. The van der Waals surface area contributed by atoms with Crippen LogP contribution in [0.3, 0.4) is 0 Å². The maximum absolute atomic E-state index is 6.17. The van der Waals surface area contributed by atoms with Gasteiger partial charge in [-0.15, -0.1) is 0 Å². The third-order valence-corrected chi connectivity index (χ3v) is 3.37. The van der Waals surface area contributed by atoms with E-state index in [4.69, 9.17) is 5.73 Å². The lowest BCUT2D eigenvalue weighted by molar-refractivity contribution is 0.289. The average Bonchev–Trinajstić information content (AvgIpc) is 2.79. The lowest BCUT2D eigenvalue weighted by Crippen LogP contribution is -2.31. The molecule has 1 rings (SSSR count). The molecule has 1 heterocycles. The van der Waals surface area contributed by atoms with Gasteiger partial charge in [0.15, 0.2) is 0 Å². The second kappa shape index (κ2) is 7.54. The summed E-state index contributed by atoms with van der Waals surface area (Å²) in [5, 5.41) is 4.54. The Morgan fingerprint density at radius 1 is 1.33 bits per heavy atom. The number of nitrogens with two attached hydrogens (primary N) is 1. The quantitative estimate of drug-likeness (QED) is 0.770. The van der Waals surface area contributed by atoms with E-state index in [2.05, 4.69) is 43.8 Å². The van der Waals surface area contributed by atoms with Crippen molar-refractivity contribution in [3.63, 3.8) is 0 Å². The summed E-state index contributed by atoms with van der Waals surface area (Å²) in [5.41, 5.74) is 7.28. The van der Waals surface area contributed by atoms with Crippen LogP contribution in [0.25, 0.3) is 0 Å². The fourth-order valence-electron chi connectivity index (χ4n) is 2.03. The molecule has 4 heteroatoms. The minimum absolute atomic E-state index is 0.209. The number of nitrogens with zero attached hydrogens (tertiary/aromatic N) is 3. The van der Waals surface area contributed by atoms with Crippen LogP contribution in [-0.4, -0.2) is 40.4 Å². The first-order chi connectivity index (χ1) is 8.56. The highest BCUT2D eigenvalue weighted by molar-refractivity contribution is 5.01. The van der Waals surface area contributed by atoms with E-state index < -0.39 is 0 Å². The molecule has 0 bridgehead atoms. The molecular formula is C14H28N4. The van der Waals surface area contributed by atoms with Gasteiger partial charge >= 0.3 is 0 Å². The molecule has 0 radical (unpaired) electrons. The van der Waals surface area contributed by atoms with Crippen molar-refractivity contribution in [3.8, 4) is 0 Å². The summed E-state index contributed by atoms with van der Waals surface area (Å²) in [6.45, 7) is 11.9. The molecule has 0 fully saturated rings. The molecule has 0 aromatic carbocycles. The van der Waals surface area contributed by atoms with E-state index in [1.165, 1.54) is 0 Å². The Labute approximate surface area is 111 Å². The smallest absolute Gasteiger partial charge is 0.0640 e. The van der Waals surface area contributed by atoms with Gasteiger partial charge < -0.3 is 10.6 Å². The van der Waals surface area contributed by atoms with Crippen LogP contribution in [-0.2, 0) is 6.42 Å². The van der Waals surface area contributed by atoms with Gasteiger partial charge in [0.1, 0.15) is 0 Å². The minimum atomic E-state index is 0.209. The molecule has 1 aromatic heterocycles. The maximum Gasteiger partial charge on any atom is 0.0640 e. The molecule has 0 aliphatic heterocycles. The molecule has 0 saturated carbocycles. The van der Waals surface area contributed by atoms with E-state index in [0.29, 0.717) is 6.04 Å². The normalized spacial score (nSPS) is 13.5. The third kappa shape index (κ3) is 4.78. The lowest BCUT2D eigenvalue weighted by atomic mass is 10.1.